The lowest BCUT2D eigenvalue weighted by Crippen LogP contribution is -2.39. The average molecular weight is 263 g/mol. The Bertz CT molecular complexity index is 472. The summed E-state index contributed by atoms with van der Waals surface area (Å²) in [6.07, 6.45) is 0.674. The van der Waals surface area contributed by atoms with Crippen molar-refractivity contribution in [1.82, 2.24) is 4.90 Å². The molecule has 0 bridgehead atoms. The Morgan fingerprint density at radius 3 is 2.63 bits per heavy atom. The van der Waals surface area contributed by atoms with Crippen LogP contribution in [0.4, 0.5) is 0 Å². The van der Waals surface area contributed by atoms with E-state index in [4.69, 9.17) is 0 Å². The highest BCUT2D eigenvalue weighted by Gasteiger charge is 2.47. The van der Waals surface area contributed by atoms with Gasteiger partial charge in [-0.3, -0.25) is 9.69 Å². The van der Waals surface area contributed by atoms with Gasteiger partial charge in [0.05, 0.1) is 5.41 Å². The Balaban J connectivity index is 2.10. The first kappa shape index (κ1) is 13.9. The fraction of sp³-hybridized carbons (Fsp3) is 0.533. The van der Waals surface area contributed by atoms with Gasteiger partial charge >= 0.3 is 5.97 Å². The minimum Gasteiger partial charge on any atom is -0.508 e. The summed E-state index contributed by atoms with van der Waals surface area (Å²) in [6, 6.07) is 7.22. The SMILES string of the molecule is CC(C)C1(C(=O)O)CCN(Cc2ccccc2O)C1. The summed E-state index contributed by atoms with van der Waals surface area (Å²) in [4.78, 5) is 13.7. The third-order valence-corrected chi connectivity index (χ3v) is 4.30. The van der Waals surface area contributed by atoms with Crippen LogP contribution >= 0.6 is 0 Å². The number of nitrogens with zero attached hydrogens (tertiary/aromatic N) is 1. The zero-order valence-electron chi connectivity index (χ0n) is 11.5. The highest BCUT2D eigenvalue weighted by molar-refractivity contribution is 5.75. The standard InChI is InChI=1S/C15H21NO3/c1-11(2)15(14(18)19)7-8-16(10-15)9-12-5-3-4-6-13(12)17/h3-6,11,17H,7-10H2,1-2H3,(H,18,19). The minimum atomic E-state index is -0.706. The minimum absolute atomic E-state index is 0.111. The van der Waals surface area contributed by atoms with Gasteiger partial charge in [0.2, 0.25) is 0 Å². The van der Waals surface area contributed by atoms with Gasteiger partial charge < -0.3 is 10.2 Å². The second-order valence-electron chi connectivity index (χ2n) is 5.71. The summed E-state index contributed by atoms with van der Waals surface area (Å²) in [7, 11) is 0. The van der Waals surface area contributed by atoms with Crippen LogP contribution in [0.1, 0.15) is 25.8 Å². The van der Waals surface area contributed by atoms with E-state index in [9.17, 15) is 15.0 Å². The molecule has 1 aromatic carbocycles. The average Bonchev–Trinajstić information content (AvgIpc) is 2.77. The maximum Gasteiger partial charge on any atom is 0.311 e. The molecule has 4 nitrogen and oxygen atoms in total. The first-order valence-electron chi connectivity index (χ1n) is 6.68. The number of carbonyl (C=O) groups is 1. The molecule has 0 saturated carbocycles. The van der Waals surface area contributed by atoms with Gasteiger partial charge in [-0.2, -0.15) is 0 Å². The number of hydrogen-bond donors (Lipinski definition) is 2. The van der Waals surface area contributed by atoms with Gasteiger partial charge in [0, 0.05) is 18.7 Å². The largest absolute Gasteiger partial charge is 0.508 e. The van der Waals surface area contributed by atoms with E-state index in [1.165, 1.54) is 0 Å². The number of aromatic hydroxyl groups is 1. The van der Waals surface area contributed by atoms with Crippen LogP contribution in [0.3, 0.4) is 0 Å². The number of carboxylic acid groups (broad SMARTS) is 1. The van der Waals surface area contributed by atoms with Crippen molar-refractivity contribution in [1.29, 1.82) is 0 Å². The molecule has 1 atom stereocenters. The molecular weight excluding hydrogens is 242 g/mol. The Hall–Kier alpha value is -1.55. The maximum absolute atomic E-state index is 11.6. The molecular formula is C15H21NO3. The lowest BCUT2D eigenvalue weighted by atomic mass is 9.76. The quantitative estimate of drug-likeness (QED) is 0.875. The predicted octanol–water partition coefficient (Wildman–Crippen LogP) is 2.32. The molecule has 1 aliphatic heterocycles. The van der Waals surface area contributed by atoms with Crippen molar-refractivity contribution in [2.45, 2.75) is 26.8 Å². The second-order valence-corrected chi connectivity index (χ2v) is 5.71. The first-order valence-corrected chi connectivity index (χ1v) is 6.68. The van der Waals surface area contributed by atoms with Crippen LogP contribution in [0.5, 0.6) is 5.75 Å². The molecule has 1 saturated heterocycles. The van der Waals surface area contributed by atoms with Crippen molar-refractivity contribution in [3.05, 3.63) is 29.8 Å². The van der Waals surface area contributed by atoms with E-state index in [0.29, 0.717) is 19.5 Å². The van der Waals surface area contributed by atoms with E-state index in [1.807, 2.05) is 26.0 Å². The van der Waals surface area contributed by atoms with Crippen LogP contribution in [0.2, 0.25) is 0 Å². The van der Waals surface area contributed by atoms with E-state index in [2.05, 4.69) is 4.90 Å². The lowest BCUT2D eigenvalue weighted by Gasteiger charge is -2.28. The number of aliphatic carboxylic acids is 1. The van der Waals surface area contributed by atoms with E-state index >= 15 is 0 Å². The van der Waals surface area contributed by atoms with Crippen LogP contribution in [0, 0.1) is 11.3 Å². The summed E-state index contributed by atoms with van der Waals surface area (Å²) in [5.41, 5.74) is 0.206. The highest BCUT2D eigenvalue weighted by Crippen LogP contribution is 2.39. The Labute approximate surface area is 113 Å². The summed E-state index contributed by atoms with van der Waals surface area (Å²) in [5, 5.41) is 19.3. The number of benzene rings is 1. The normalized spacial score (nSPS) is 23.9. The zero-order chi connectivity index (χ0) is 14.0. The monoisotopic (exact) mass is 263 g/mol. The second kappa shape index (κ2) is 5.21. The van der Waals surface area contributed by atoms with Crippen LogP contribution in [-0.2, 0) is 11.3 Å². The molecule has 104 valence electrons. The molecule has 1 aliphatic rings. The van der Waals surface area contributed by atoms with Crippen molar-refractivity contribution in [3.63, 3.8) is 0 Å². The number of hydrogen-bond acceptors (Lipinski definition) is 3. The zero-order valence-corrected chi connectivity index (χ0v) is 11.5. The molecule has 19 heavy (non-hydrogen) atoms. The topological polar surface area (TPSA) is 60.8 Å². The van der Waals surface area contributed by atoms with Gasteiger partial charge in [0.1, 0.15) is 5.75 Å². The third kappa shape index (κ3) is 2.59. The molecule has 1 heterocycles. The Morgan fingerprint density at radius 1 is 1.42 bits per heavy atom. The molecule has 2 rings (SSSR count). The fourth-order valence-corrected chi connectivity index (χ4v) is 2.83. The first-order chi connectivity index (χ1) is 8.95. The molecule has 0 aromatic heterocycles. The highest BCUT2D eigenvalue weighted by atomic mass is 16.4. The van der Waals surface area contributed by atoms with Gasteiger partial charge in [-0.15, -0.1) is 0 Å². The van der Waals surface area contributed by atoms with Crippen molar-refractivity contribution >= 4 is 5.97 Å². The van der Waals surface area contributed by atoms with E-state index in [1.54, 1.807) is 12.1 Å². The molecule has 0 spiro atoms. The van der Waals surface area contributed by atoms with Crippen LogP contribution < -0.4 is 0 Å². The van der Waals surface area contributed by atoms with Crippen molar-refractivity contribution in [3.8, 4) is 5.75 Å². The number of phenolic OH excluding ortho intramolecular Hbond substituents is 1. The Morgan fingerprint density at radius 2 is 2.11 bits per heavy atom. The number of rotatable bonds is 4. The van der Waals surface area contributed by atoms with Gasteiger partial charge in [0.25, 0.3) is 0 Å². The van der Waals surface area contributed by atoms with Gasteiger partial charge in [-0.1, -0.05) is 32.0 Å². The van der Waals surface area contributed by atoms with E-state index < -0.39 is 11.4 Å². The Kier molecular flexibility index (Phi) is 3.80. The van der Waals surface area contributed by atoms with Crippen molar-refractivity contribution in [2.24, 2.45) is 11.3 Å². The molecule has 1 unspecified atom stereocenters. The van der Waals surface area contributed by atoms with Crippen LogP contribution in [-0.4, -0.2) is 34.2 Å². The van der Waals surface area contributed by atoms with E-state index in [0.717, 1.165) is 12.1 Å². The lowest BCUT2D eigenvalue weighted by molar-refractivity contribution is -0.151. The fourth-order valence-electron chi connectivity index (χ4n) is 2.83. The molecule has 1 aromatic rings. The molecule has 0 radical (unpaired) electrons. The van der Waals surface area contributed by atoms with Crippen LogP contribution in [0.25, 0.3) is 0 Å². The van der Waals surface area contributed by atoms with Gasteiger partial charge in [0.15, 0.2) is 0 Å². The number of para-hydroxylation sites is 1. The summed E-state index contributed by atoms with van der Waals surface area (Å²) in [5.74, 6) is -0.318. The van der Waals surface area contributed by atoms with Gasteiger partial charge in [-0.25, -0.2) is 0 Å². The number of phenols is 1. The molecule has 0 aliphatic carbocycles. The third-order valence-electron chi connectivity index (χ3n) is 4.30. The molecule has 2 N–H and O–H groups in total. The summed E-state index contributed by atoms with van der Waals surface area (Å²) < 4.78 is 0. The molecule has 1 fully saturated rings. The van der Waals surface area contributed by atoms with E-state index in [-0.39, 0.29) is 11.7 Å². The molecule has 0 amide bonds. The summed E-state index contributed by atoms with van der Waals surface area (Å²) in [6.45, 7) is 5.86. The smallest absolute Gasteiger partial charge is 0.311 e. The van der Waals surface area contributed by atoms with Gasteiger partial charge in [-0.05, 0) is 24.9 Å². The van der Waals surface area contributed by atoms with Crippen molar-refractivity contribution in [2.75, 3.05) is 13.1 Å². The number of likely N-dealkylation sites (tertiary alicyclic amines) is 1. The predicted molar refractivity (Wildman–Crippen MR) is 72.9 cm³/mol. The molecule has 4 heteroatoms. The number of carboxylic acids is 1. The van der Waals surface area contributed by atoms with Crippen LogP contribution in [0.15, 0.2) is 24.3 Å². The van der Waals surface area contributed by atoms with Crippen molar-refractivity contribution < 1.29 is 15.0 Å². The summed E-state index contributed by atoms with van der Waals surface area (Å²) >= 11 is 0. The maximum atomic E-state index is 11.6.